The first-order valence-electron chi connectivity index (χ1n) is 4.64. The van der Waals surface area contributed by atoms with Gasteiger partial charge in [0.05, 0.1) is 5.41 Å². The van der Waals surface area contributed by atoms with Crippen LogP contribution >= 0.6 is 12.4 Å². The smallest absolute Gasteiger partial charge is 0.338 e. The highest BCUT2D eigenvalue weighted by Crippen LogP contribution is 2.55. The first-order chi connectivity index (χ1) is 7.02. The zero-order valence-electron chi connectivity index (χ0n) is 8.04. The lowest BCUT2D eigenvalue weighted by atomic mass is 10.1. The second-order valence-corrected chi connectivity index (χ2v) is 4.11. The molecule has 1 saturated heterocycles. The molecule has 2 fully saturated rings. The number of fused-ring (bicyclic) bond motifs is 1. The van der Waals surface area contributed by atoms with Gasteiger partial charge in [0.15, 0.2) is 0 Å². The predicted molar refractivity (Wildman–Crippen MR) is 49.2 cm³/mol. The monoisotopic (exact) mass is 255 g/mol. The normalized spacial score (nSPS) is 32.1. The average Bonchev–Trinajstić information content (AvgIpc) is 2.63. The van der Waals surface area contributed by atoms with Crippen molar-refractivity contribution < 1.29 is 17.7 Å². The maximum Gasteiger partial charge on any atom is 0.455 e. The van der Waals surface area contributed by atoms with Crippen LogP contribution in [0.5, 0.6) is 0 Å². The Labute approximate surface area is 95.0 Å². The average molecular weight is 256 g/mol. The van der Waals surface area contributed by atoms with Gasteiger partial charge in [0.1, 0.15) is 0 Å². The zero-order chi connectivity index (χ0) is 10.7. The quantitative estimate of drug-likeness (QED) is 0.824. The zero-order valence-corrected chi connectivity index (χ0v) is 8.86. The molecule has 2 aliphatic rings. The minimum atomic E-state index is -4.52. The maximum atomic E-state index is 12.2. The highest BCUT2D eigenvalue weighted by molar-refractivity contribution is 5.85. The van der Waals surface area contributed by atoms with Crippen LogP contribution in [-0.2, 0) is 11.6 Å². The topological polar surface area (TPSA) is 51.0 Å². The number of nitrogens with one attached hydrogen (secondary N) is 1. The Morgan fingerprint density at radius 3 is 2.62 bits per heavy atom. The lowest BCUT2D eigenvalue weighted by Gasteiger charge is -2.03. The van der Waals surface area contributed by atoms with Crippen molar-refractivity contribution in [1.29, 1.82) is 0 Å². The summed E-state index contributed by atoms with van der Waals surface area (Å²) in [6.07, 6.45) is -3.67. The van der Waals surface area contributed by atoms with Gasteiger partial charge in [-0.25, -0.2) is 0 Å². The lowest BCUT2D eigenvalue weighted by molar-refractivity contribution is -0.146. The molecule has 1 aliphatic heterocycles. The largest absolute Gasteiger partial charge is 0.455 e. The molecule has 1 aromatic rings. The summed E-state index contributed by atoms with van der Waals surface area (Å²) in [5.41, 5.74) is -0.309. The van der Waals surface area contributed by atoms with E-state index in [0.717, 1.165) is 13.0 Å². The summed E-state index contributed by atoms with van der Waals surface area (Å²) >= 11 is 0. The van der Waals surface area contributed by atoms with Gasteiger partial charge in [-0.2, -0.15) is 18.2 Å². The molecular weight excluding hydrogens is 247 g/mol. The van der Waals surface area contributed by atoms with E-state index >= 15 is 0 Å². The summed E-state index contributed by atoms with van der Waals surface area (Å²) in [6, 6.07) is 0. The fourth-order valence-corrected chi connectivity index (χ4v) is 2.21. The Balaban J connectivity index is 0.000000963. The Morgan fingerprint density at radius 1 is 1.44 bits per heavy atom. The molecule has 8 heteroatoms. The number of hydrogen-bond acceptors (Lipinski definition) is 4. The van der Waals surface area contributed by atoms with Crippen LogP contribution in [0.25, 0.3) is 0 Å². The van der Waals surface area contributed by atoms with Crippen molar-refractivity contribution in [2.24, 2.45) is 5.92 Å². The van der Waals surface area contributed by atoms with E-state index in [2.05, 4.69) is 15.5 Å². The SMILES string of the molecule is Cl.FC(F)(F)c1noc(C23CNCC2C3)n1. The standard InChI is InChI=1S/C8H8F3N3O.ClH/c9-8(10,11)5-13-6(15-14-5)7-1-4(7)2-12-3-7;/h4,12H,1-3H2;1H. The van der Waals surface area contributed by atoms with Crippen LogP contribution in [0.4, 0.5) is 13.2 Å². The van der Waals surface area contributed by atoms with Gasteiger partial charge in [-0.3, -0.25) is 0 Å². The Kier molecular flexibility index (Phi) is 2.43. The van der Waals surface area contributed by atoms with Gasteiger partial charge in [-0.15, -0.1) is 12.4 Å². The predicted octanol–water partition coefficient (Wildman–Crippen LogP) is 1.37. The Morgan fingerprint density at radius 2 is 2.19 bits per heavy atom. The molecule has 0 aromatic carbocycles. The molecular formula is C8H9ClF3N3O. The van der Waals surface area contributed by atoms with Crippen molar-refractivity contribution in [1.82, 2.24) is 15.5 Å². The van der Waals surface area contributed by atoms with Crippen molar-refractivity contribution in [2.75, 3.05) is 13.1 Å². The molecule has 4 nitrogen and oxygen atoms in total. The van der Waals surface area contributed by atoms with Gasteiger partial charge in [-0.1, -0.05) is 5.16 Å². The highest BCUT2D eigenvalue weighted by Gasteiger charge is 2.62. The van der Waals surface area contributed by atoms with E-state index in [4.69, 9.17) is 4.52 Å². The fourth-order valence-electron chi connectivity index (χ4n) is 2.21. The summed E-state index contributed by atoms with van der Waals surface area (Å²) in [7, 11) is 0. The van der Waals surface area contributed by atoms with E-state index in [1.165, 1.54) is 0 Å². The molecule has 2 atom stereocenters. The number of nitrogens with zero attached hydrogens (tertiary/aromatic N) is 2. The Bertz CT molecular complexity index is 407. The summed E-state index contributed by atoms with van der Waals surface area (Å²) < 4.78 is 41.4. The van der Waals surface area contributed by atoms with Crippen LogP contribution in [0.3, 0.4) is 0 Å². The highest BCUT2D eigenvalue weighted by atomic mass is 35.5. The molecule has 16 heavy (non-hydrogen) atoms. The van der Waals surface area contributed by atoms with E-state index in [1.807, 2.05) is 0 Å². The van der Waals surface area contributed by atoms with Crippen molar-refractivity contribution in [3.8, 4) is 0 Å². The van der Waals surface area contributed by atoms with Crippen LogP contribution in [-0.4, -0.2) is 23.2 Å². The van der Waals surface area contributed by atoms with Crippen molar-refractivity contribution in [2.45, 2.75) is 18.0 Å². The van der Waals surface area contributed by atoms with E-state index in [1.54, 1.807) is 0 Å². The van der Waals surface area contributed by atoms with E-state index in [0.29, 0.717) is 12.5 Å². The summed E-state index contributed by atoms with van der Waals surface area (Å²) in [5.74, 6) is -0.687. The van der Waals surface area contributed by atoms with Crippen LogP contribution in [0.15, 0.2) is 4.52 Å². The third-order valence-corrected chi connectivity index (χ3v) is 3.17. The molecule has 0 spiro atoms. The molecule has 3 rings (SSSR count). The summed E-state index contributed by atoms with van der Waals surface area (Å²) in [4.78, 5) is 3.43. The molecule has 2 heterocycles. The summed E-state index contributed by atoms with van der Waals surface area (Å²) in [5, 5.41) is 6.07. The third kappa shape index (κ3) is 1.49. The number of rotatable bonds is 1. The molecule has 0 bridgehead atoms. The molecule has 0 radical (unpaired) electrons. The minimum absolute atomic E-state index is 0. The van der Waals surface area contributed by atoms with Gasteiger partial charge in [0.2, 0.25) is 5.89 Å². The van der Waals surface area contributed by atoms with Crippen LogP contribution in [0.2, 0.25) is 0 Å². The van der Waals surface area contributed by atoms with Crippen LogP contribution in [0.1, 0.15) is 18.1 Å². The van der Waals surface area contributed by atoms with E-state index in [9.17, 15) is 13.2 Å². The van der Waals surface area contributed by atoms with E-state index in [-0.39, 0.29) is 23.7 Å². The maximum absolute atomic E-state index is 12.2. The van der Waals surface area contributed by atoms with Crippen molar-refractivity contribution >= 4 is 12.4 Å². The van der Waals surface area contributed by atoms with Gasteiger partial charge >= 0.3 is 6.18 Å². The van der Waals surface area contributed by atoms with Gasteiger partial charge in [0.25, 0.3) is 5.82 Å². The number of halogens is 4. The molecule has 2 unspecified atom stereocenters. The molecule has 1 aliphatic carbocycles. The number of aromatic nitrogens is 2. The summed E-state index contributed by atoms with van der Waals surface area (Å²) in [6.45, 7) is 1.46. The van der Waals surface area contributed by atoms with E-state index < -0.39 is 12.0 Å². The third-order valence-electron chi connectivity index (χ3n) is 3.17. The minimum Gasteiger partial charge on any atom is -0.338 e. The Hall–Kier alpha value is -0.820. The van der Waals surface area contributed by atoms with Gasteiger partial charge in [-0.05, 0) is 18.9 Å². The first-order valence-corrected chi connectivity index (χ1v) is 4.64. The number of hydrogen-bond donors (Lipinski definition) is 1. The second kappa shape index (κ2) is 3.33. The molecule has 1 N–H and O–H groups in total. The van der Waals surface area contributed by atoms with Crippen LogP contribution in [0, 0.1) is 5.92 Å². The molecule has 0 amide bonds. The number of piperidine rings is 1. The second-order valence-electron chi connectivity index (χ2n) is 4.11. The fraction of sp³-hybridized carbons (Fsp3) is 0.750. The van der Waals surface area contributed by atoms with Crippen LogP contribution < -0.4 is 5.32 Å². The van der Waals surface area contributed by atoms with Gasteiger partial charge in [0, 0.05) is 6.54 Å². The lowest BCUT2D eigenvalue weighted by Crippen LogP contribution is -2.19. The molecule has 90 valence electrons. The van der Waals surface area contributed by atoms with Crippen molar-refractivity contribution in [3.63, 3.8) is 0 Å². The first kappa shape index (κ1) is 11.7. The molecule has 1 aromatic heterocycles. The number of alkyl halides is 3. The molecule has 1 saturated carbocycles. The van der Waals surface area contributed by atoms with Gasteiger partial charge < -0.3 is 9.84 Å². The van der Waals surface area contributed by atoms with Crippen molar-refractivity contribution in [3.05, 3.63) is 11.7 Å².